The first-order valence-electron chi connectivity index (χ1n) is 12.5. The third kappa shape index (κ3) is 7.34. The molecule has 0 fully saturated rings. The minimum Gasteiger partial charge on any atom is -0.483 e. The number of amides is 2. The number of hydrogen-bond donors (Lipinski definition) is 1. The Morgan fingerprint density at radius 2 is 1.79 bits per heavy atom. The van der Waals surface area contributed by atoms with Crippen LogP contribution in [0.25, 0.3) is 0 Å². The van der Waals surface area contributed by atoms with Gasteiger partial charge in [-0.15, -0.1) is 12.8 Å². The maximum absolute atomic E-state index is 14.1. The third-order valence-electron chi connectivity index (χ3n) is 6.26. The largest absolute Gasteiger partial charge is 0.483 e. The fourth-order valence-electron chi connectivity index (χ4n) is 4.33. The van der Waals surface area contributed by atoms with Crippen LogP contribution in [0.15, 0.2) is 64.8 Å². The van der Waals surface area contributed by atoms with Gasteiger partial charge in [-0.1, -0.05) is 32.0 Å². The van der Waals surface area contributed by atoms with Crippen LogP contribution < -0.4 is 4.90 Å². The predicted molar refractivity (Wildman–Crippen MR) is 149 cm³/mol. The lowest BCUT2D eigenvalue weighted by atomic mass is 9.86. The maximum atomic E-state index is 14.1. The molecule has 1 aliphatic heterocycles. The quantitative estimate of drug-likeness (QED) is 0.251. The number of Topliss-reactive ketones (excluding diaryl/α,β-unsaturated/α-hetero) is 1. The van der Waals surface area contributed by atoms with Gasteiger partial charge in [-0.3, -0.25) is 14.5 Å². The van der Waals surface area contributed by atoms with Crippen molar-refractivity contribution in [1.29, 1.82) is 5.26 Å². The van der Waals surface area contributed by atoms with Crippen molar-refractivity contribution in [1.82, 2.24) is 4.90 Å². The molecule has 0 saturated carbocycles. The van der Waals surface area contributed by atoms with Crippen LogP contribution in [-0.2, 0) is 20.5 Å². The minimum atomic E-state index is -4.68. The molecule has 1 heterocycles. The molecule has 3 rings (SSSR count). The number of carbonyl (C=O) groups excluding carboxylic acids is 2. The van der Waals surface area contributed by atoms with Gasteiger partial charge in [0.1, 0.15) is 6.54 Å². The highest BCUT2D eigenvalue weighted by molar-refractivity contribution is 6.07. The normalized spacial score (nSPS) is 15.6. The number of ketones is 1. The van der Waals surface area contributed by atoms with E-state index in [1.165, 1.54) is 37.1 Å². The topological polar surface area (TPSA) is 123 Å². The van der Waals surface area contributed by atoms with Crippen LogP contribution in [0.4, 0.5) is 23.7 Å². The number of nitrogens with zero attached hydrogens (tertiary/aromatic N) is 4. The molecule has 0 radical (unpaired) electrons. The van der Waals surface area contributed by atoms with Crippen LogP contribution in [-0.4, -0.2) is 53.9 Å². The van der Waals surface area contributed by atoms with Crippen LogP contribution in [0.1, 0.15) is 43.5 Å². The van der Waals surface area contributed by atoms with Gasteiger partial charge in [0.15, 0.2) is 5.78 Å². The number of carboxylic acid groups (broad SMARTS) is 1. The lowest BCUT2D eigenvalue weighted by Crippen LogP contribution is -2.53. The fraction of sp³-hybridized carbons (Fsp3) is 0.300. The molecular weight excluding hydrogens is 553 g/mol. The number of carboxylic acids is 1. The molecule has 0 aromatic heterocycles. The number of alkyl halides is 3. The van der Waals surface area contributed by atoms with Gasteiger partial charge in [0, 0.05) is 17.2 Å². The molecule has 9 nitrogen and oxygen atoms in total. The number of ether oxygens (including phenoxy) is 1. The molecule has 0 bridgehead atoms. The molecule has 2 amide bonds. The Morgan fingerprint density at radius 1 is 1.17 bits per heavy atom. The maximum Gasteiger partial charge on any atom is 0.416 e. The van der Waals surface area contributed by atoms with Gasteiger partial charge in [-0.05, 0) is 42.8 Å². The van der Waals surface area contributed by atoms with E-state index in [0.717, 1.165) is 23.1 Å². The molecular formula is C30H29F3N4O5. The van der Waals surface area contributed by atoms with Crippen molar-refractivity contribution in [3.8, 4) is 18.9 Å². The number of anilines is 1. The van der Waals surface area contributed by atoms with Crippen molar-refractivity contribution < 1.29 is 37.4 Å². The molecule has 2 aromatic carbocycles. The van der Waals surface area contributed by atoms with E-state index in [9.17, 15) is 32.8 Å². The summed E-state index contributed by atoms with van der Waals surface area (Å²) in [7, 11) is 1.23. The average Bonchev–Trinajstić information content (AvgIpc) is 2.96. The molecule has 220 valence electrons. The Bertz CT molecular complexity index is 1450. The Hall–Kier alpha value is -5.10. The number of nitriles is 1. The molecule has 0 saturated heterocycles. The van der Waals surface area contributed by atoms with Crippen LogP contribution in [0.2, 0.25) is 0 Å². The fourth-order valence-corrected chi connectivity index (χ4v) is 4.33. The lowest BCUT2D eigenvalue weighted by Gasteiger charge is -2.43. The standard InChI is InChI=1S/C28H27F3N4O5.C2H2/c1-16(2)26(38)24-17(3)35(21-7-5-6-20(12-21)28(29,30)31)27(39)34(15-22(40-4)33-14-23(36)37)25(24)19-10-8-18(13-32)9-11-19;1-2/h5-12,16,25H,14-15H2,1-4H3,(H,36,37);1-2H. The number of urea groups is 1. The van der Waals surface area contributed by atoms with E-state index in [2.05, 4.69) is 17.8 Å². The second-order valence-corrected chi connectivity index (χ2v) is 9.26. The molecule has 12 heteroatoms. The van der Waals surface area contributed by atoms with E-state index >= 15 is 0 Å². The Labute approximate surface area is 241 Å². The zero-order valence-electron chi connectivity index (χ0n) is 23.3. The summed E-state index contributed by atoms with van der Waals surface area (Å²) in [6, 6.07) is 10.5. The van der Waals surface area contributed by atoms with Crippen LogP contribution >= 0.6 is 0 Å². The van der Waals surface area contributed by atoms with Gasteiger partial charge in [0.2, 0.25) is 5.90 Å². The smallest absolute Gasteiger partial charge is 0.416 e. The molecule has 1 N–H and O–H groups in total. The highest BCUT2D eigenvalue weighted by Gasteiger charge is 2.43. The first-order valence-corrected chi connectivity index (χ1v) is 12.5. The van der Waals surface area contributed by atoms with Crippen molar-refractivity contribution in [2.24, 2.45) is 10.9 Å². The SMILES string of the molecule is C#C.COC(CN1C(=O)N(c2cccc(C(F)(F)F)c2)C(C)=C(C(=O)C(C)C)C1c1ccc(C#N)cc1)=NCC(=O)O. The average molecular weight is 583 g/mol. The van der Waals surface area contributed by atoms with Crippen molar-refractivity contribution in [2.45, 2.75) is 33.0 Å². The van der Waals surface area contributed by atoms with E-state index in [4.69, 9.17) is 9.84 Å². The van der Waals surface area contributed by atoms with Crippen molar-refractivity contribution in [3.05, 3.63) is 76.5 Å². The monoisotopic (exact) mass is 582 g/mol. The number of benzene rings is 2. The molecule has 42 heavy (non-hydrogen) atoms. The zero-order valence-corrected chi connectivity index (χ0v) is 23.3. The van der Waals surface area contributed by atoms with Gasteiger partial charge in [-0.2, -0.15) is 18.4 Å². The van der Waals surface area contributed by atoms with E-state index in [1.807, 2.05) is 6.07 Å². The number of terminal acetylenes is 1. The van der Waals surface area contributed by atoms with E-state index in [0.29, 0.717) is 11.1 Å². The number of methoxy groups -OCH3 is 1. The number of carbonyl (C=O) groups is 3. The summed E-state index contributed by atoms with van der Waals surface area (Å²) < 4.78 is 45.9. The van der Waals surface area contributed by atoms with Gasteiger partial charge in [0.25, 0.3) is 0 Å². The molecule has 2 aromatic rings. The zero-order chi connectivity index (χ0) is 31.8. The highest BCUT2D eigenvalue weighted by Crippen LogP contribution is 2.42. The molecule has 1 aliphatic rings. The molecule has 0 spiro atoms. The third-order valence-corrected chi connectivity index (χ3v) is 6.26. The summed E-state index contributed by atoms with van der Waals surface area (Å²) in [6.07, 6.45) is 3.32. The summed E-state index contributed by atoms with van der Waals surface area (Å²) in [5, 5.41) is 18.3. The second kappa shape index (κ2) is 14.0. The number of hydrogen-bond acceptors (Lipinski definition) is 6. The summed E-state index contributed by atoms with van der Waals surface area (Å²) in [4.78, 5) is 44.9. The van der Waals surface area contributed by atoms with E-state index in [-0.39, 0.29) is 28.6 Å². The molecule has 1 atom stereocenters. The minimum absolute atomic E-state index is 0.115. The van der Waals surface area contributed by atoms with Crippen molar-refractivity contribution >= 4 is 29.4 Å². The second-order valence-electron chi connectivity index (χ2n) is 9.26. The Balaban J connectivity index is 0.00000301. The number of allylic oxidation sites excluding steroid dienone is 1. The molecule has 1 unspecified atom stereocenters. The van der Waals surface area contributed by atoms with Crippen LogP contribution in [0.5, 0.6) is 0 Å². The first-order chi connectivity index (χ1) is 19.8. The number of aliphatic imine (C=N–C) groups is 1. The van der Waals surface area contributed by atoms with Crippen molar-refractivity contribution in [2.75, 3.05) is 25.1 Å². The number of aliphatic carboxylic acids is 1. The Kier molecular flexibility index (Phi) is 11.0. The summed E-state index contributed by atoms with van der Waals surface area (Å²) in [5.41, 5.74) is -0.0329. The first kappa shape index (κ1) is 33.1. The van der Waals surface area contributed by atoms with E-state index in [1.54, 1.807) is 26.0 Å². The van der Waals surface area contributed by atoms with Crippen LogP contribution in [0.3, 0.4) is 0 Å². The summed E-state index contributed by atoms with van der Waals surface area (Å²) in [6.45, 7) is 3.74. The predicted octanol–water partition coefficient (Wildman–Crippen LogP) is 5.44. The lowest BCUT2D eigenvalue weighted by molar-refractivity contribution is -0.137. The Morgan fingerprint density at radius 3 is 2.29 bits per heavy atom. The van der Waals surface area contributed by atoms with Crippen molar-refractivity contribution in [3.63, 3.8) is 0 Å². The van der Waals surface area contributed by atoms with Crippen LogP contribution in [0, 0.1) is 30.1 Å². The van der Waals surface area contributed by atoms with Gasteiger partial charge in [-0.25, -0.2) is 9.79 Å². The number of rotatable bonds is 8. The molecule has 0 aliphatic carbocycles. The van der Waals surface area contributed by atoms with Gasteiger partial charge >= 0.3 is 18.2 Å². The number of halogens is 3. The van der Waals surface area contributed by atoms with Gasteiger partial charge in [0.05, 0.1) is 42.6 Å². The summed E-state index contributed by atoms with van der Waals surface area (Å²) >= 11 is 0. The van der Waals surface area contributed by atoms with Gasteiger partial charge < -0.3 is 14.7 Å². The van der Waals surface area contributed by atoms with E-state index < -0.39 is 48.8 Å². The highest BCUT2D eigenvalue weighted by atomic mass is 19.4. The summed E-state index contributed by atoms with van der Waals surface area (Å²) in [5.74, 6) is -2.30.